The van der Waals surface area contributed by atoms with Crippen LogP contribution in [0.15, 0.2) is 84.4 Å². The van der Waals surface area contributed by atoms with Crippen molar-refractivity contribution < 1.29 is 14.3 Å². The van der Waals surface area contributed by atoms with Gasteiger partial charge in [-0.25, -0.2) is 0 Å². The van der Waals surface area contributed by atoms with Crippen LogP contribution in [0.5, 0.6) is 5.75 Å². The van der Waals surface area contributed by atoms with Crippen LogP contribution in [0.3, 0.4) is 0 Å². The van der Waals surface area contributed by atoms with E-state index in [-0.39, 0.29) is 17.6 Å². The van der Waals surface area contributed by atoms with Crippen molar-refractivity contribution in [1.82, 2.24) is 5.32 Å². The molecule has 0 fully saturated rings. The number of allylic oxidation sites excluding steroid dienone is 1. The van der Waals surface area contributed by atoms with Crippen LogP contribution >= 0.6 is 0 Å². The molecule has 0 saturated carbocycles. The van der Waals surface area contributed by atoms with E-state index < -0.39 is 5.92 Å². The predicted octanol–water partition coefficient (Wildman–Crippen LogP) is 4.30. The van der Waals surface area contributed by atoms with E-state index in [1.165, 1.54) is 0 Å². The first-order valence-corrected chi connectivity index (χ1v) is 9.57. The SMILES string of the molecule is COc1ccc(C2C3=C(NC(=O)C2c2ccccc2)c2ccccc2C3=O)cc1. The fourth-order valence-corrected chi connectivity index (χ4v) is 4.43. The predicted molar refractivity (Wildman–Crippen MR) is 111 cm³/mol. The summed E-state index contributed by atoms with van der Waals surface area (Å²) in [6, 6.07) is 24.7. The third-order valence-corrected chi connectivity index (χ3v) is 5.76. The summed E-state index contributed by atoms with van der Waals surface area (Å²) in [5.74, 6) is -0.230. The Kier molecular flexibility index (Phi) is 4.06. The van der Waals surface area contributed by atoms with Crippen molar-refractivity contribution in [2.24, 2.45) is 0 Å². The lowest BCUT2D eigenvalue weighted by Gasteiger charge is -2.33. The van der Waals surface area contributed by atoms with Gasteiger partial charge in [-0.3, -0.25) is 9.59 Å². The summed E-state index contributed by atoms with van der Waals surface area (Å²) in [7, 11) is 1.62. The Morgan fingerprint density at radius 3 is 2.03 bits per heavy atom. The molecule has 2 unspecified atom stereocenters. The number of nitrogens with one attached hydrogen (secondary N) is 1. The van der Waals surface area contributed by atoms with Crippen molar-refractivity contribution in [1.29, 1.82) is 0 Å². The maximum atomic E-state index is 13.4. The molecule has 2 aliphatic rings. The van der Waals surface area contributed by atoms with E-state index in [4.69, 9.17) is 4.74 Å². The normalized spacial score (nSPS) is 20.2. The minimum absolute atomic E-state index is 0.0163. The molecule has 4 heteroatoms. The van der Waals surface area contributed by atoms with Gasteiger partial charge in [-0.05, 0) is 23.3 Å². The number of carbonyl (C=O) groups excluding carboxylic acids is 2. The first kappa shape index (κ1) is 17.4. The molecule has 3 aromatic carbocycles. The zero-order valence-corrected chi connectivity index (χ0v) is 15.9. The summed E-state index contributed by atoms with van der Waals surface area (Å²) in [5, 5.41) is 3.03. The monoisotopic (exact) mass is 381 g/mol. The smallest absolute Gasteiger partial charge is 0.232 e. The van der Waals surface area contributed by atoms with Gasteiger partial charge in [-0.1, -0.05) is 66.7 Å². The largest absolute Gasteiger partial charge is 0.497 e. The lowest BCUT2D eigenvalue weighted by atomic mass is 9.73. The van der Waals surface area contributed by atoms with Gasteiger partial charge in [-0.15, -0.1) is 0 Å². The Morgan fingerprint density at radius 2 is 1.34 bits per heavy atom. The summed E-state index contributed by atoms with van der Waals surface area (Å²) < 4.78 is 5.29. The first-order chi connectivity index (χ1) is 14.2. The number of hydrogen-bond acceptors (Lipinski definition) is 3. The number of hydrogen-bond donors (Lipinski definition) is 1. The third-order valence-electron chi connectivity index (χ3n) is 5.76. The van der Waals surface area contributed by atoms with Crippen LogP contribution in [0.25, 0.3) is 5.70 Å². The summed E-state index contributed by atoms with van der Waals surface area (Å²) in [4.78, 5) is 26.7. The molecule has 0 spiro atoms. The molecule has 3 aromatic rings. The number of rotatable bonds is 3. The fraction of sp³-hybridized carbons (Fsp3) is 0.120. The molecule has 29 heavy (non-hydrogen) atoms. The quantitative estimate of drug-likeness (QED) is 0.736. The Hall–Kier alpha value is -3.66. The molecule has 5 rings (SSSR count). The highest BCUT2D eigenvalue weighted by atomic mass is 16.5. The number of carbonyl (C=O) groups is 2. The summed E-state index contributed by atoms with van der Waals surface area (Å²) in [6.07, 6.45) is 0. The molecule has 0 saturated heterocycles. The van der Waals surface area contributed by atoms with Crippen LogP contribution in [-0.4, -0.2) is 18.8 Å². The van der Waals surface area contributed by atoms with Gasteiger partial charge in [0.25, 0.3) is 0 Å². The van der Waals surface area contributed by atoms with E-state index in [0.29, 0.717) is 16.8 Å². The molecular formula is C25H19NO3. The molecule has 0 radical (unpaired) electrons. The number of benzene rings is 3. The fourth-order valence-electron chi connectivity index (χ4n) is 4.43. The summed E-state index contributed by atoms with van der Waals surface area (Å²) in [6.45, 7) is 0. The van der Waals surface area contributed by atoms with Crippen LogP contribution in [0.4, 0.5) is 0 Å². The molecule has 0 aromatic heterocycles. The van der Waals surface area contributed by atoms with Gasteiger partial charge in [0, 0.05) is 22.6 Å². The molecule has 4 nitrogen and oxygen atoms in total. The molecule has 1 aliphatic carbocycles. The standard InChI is InChI=1S/C25H19NO3/c1-29-17-13-11-16(12-14-17)20-21(15-7-3-2-4-8-15)25(28)26-23-18-9-5-6-10-19(18)24(27)22(20)23/h2-14,20-21H,1H3,(H,26,28). The zero-order valence-electron chi connectivity index (χ0n) is 15.9. The maximum absolute atomic E-state index is 13.4. The van der Waals surface area contributed by atoms with Crippen LogP contribution in [0.1, 0.15) is 38.9 Å². The maximum Gasteiger partial charge on any atom is 0.232 e. The number of methoxy groups -OCH3 is 1. The number of Topliss-reactive ketones (excluding diaryl/α,β-unsaturated/α-hetero) is 1. The van der Waals surface area contributed by atoms with Crippen molar-refractivity contribution in [2.75, 3.05) is 7.11 Å². The molecule has 1 aliphatic heterocycles. The van der Waals surface area contributed by atoms with Gasteiger partial charge >= 0.3 is 0 Å². The molecular weight excluding hydrogens is 362 g/mol. The van der Waals surface area contributed by atoms with Gasteiger partial charge in [0.15, 0.2) is 5.78 Å². The zero-order chi connectivity index (χ0) is 20.0. The van der Waals surface area contributed by atoms with Crippen molar-refractivity contribution in [3.8, 4) is 5.75 Å². The van der Waals surface area contributed by atoms with Gasteiger partial charge in [0.05, 0.1) is 18.7 Å². The summed E-state index contributed by atoms with van der Waals surface area (Å²) in [5.41, 5.74) is 4.55. The molecule has 1 N–H and O–H groups in total. The van der Waals surface area contributed by atoms with Crippen LogP contribution in [0, 0.1) is 0 Å². The second-order valence-electron chi connectivity index (χ2n) is 7.29. The molecule has 1 amide bonds. The number of ketones is 1. The Balaban J connectivity index is 1.73. The molecule has 0 bridgehead atoms. The lowest BCUT2D eigenvalue weighted by molar-refractivity contribution is -0.122. The Morgan fingerprint density at radius 1 is 0.724 bits per heavy atom. The molecule has 142 valence electrons. The molecule has 1 heterocycles. The first-order valence-electron chi connectivity index (χ1n) is 9.57. The lowest BCUT2D eigenvalue weighted by Crippen LogP contribution is -2.38. The Bertz CT molecular complexity index is 1150. The van der Waals surface area contributed by atoms with Gasteiger partial charge < -0.3 is 10.1 Å². The minimum Gasteiger partial charge on any atom is -0.497 e. The number of ether oxygens (including phenoxy) is 1. The average Bonchev–Trinajstić information content (AvgIpc) is 3.05. The van der Waals surface area contributed by atoms with E-state index >= 15 is 0 Å². The van der Waals surface area contributed by atoms with Crippen molar-refractivity contribution in [3.63, 3.8) is 0 Å². The highest BCUT2D eigenvalue weighted by Crippen LogP contribution is 2.49. The van der Waals surface area contributed by atoms with Gasteiger partial charge in [-0.2, -0.15) is 0 Å². The number of amides is 1. The Labute approximate surface area is 168 Å². The van der Waals surface area contributed by atoms with E-state index in [1.54, 1.807) is 7.11 Å². The van der Waals surface area contributed by atoms with E-state index in [1.807, 2.05) is 78.9 Å². The van der Waals surface area contributed by atoms with Crippen LogP contribution < -0.4 is 10.1 Å². The van der Waals surface area contributed by atoms with E-state index in [0.717, 1.165) is 22.4 Å². The topological polar surface area (TPSA) is 55.4 Å². The van der Waals surface area contributed by atoms with E-state index in [9.17, 15) is 9.59 Å². The van der Waals surface area contributed by atoms with Gasteiger partial charge in [0.1, 0.15) is 5.75 Å². The third kappa shape index (κ3) is 2.68. The van der Waals surface area contributed by atoms with Crippen molar-refractivity contribution >= 4 is 17.4 Å². The van der Waals surface area contributed by atoms with E-state index in [2.05, 4.69) is 5.32 Å². The van der Waals surface area contributed by atoms with Crippen LogP contribution in [0.2, 0.25) is 0 Å². The van der Waals surface area contributed by atoms with Gasteiger partial charge in [0.2, 0.25) is 5.91 Å². The van der Waals surface area contributed by atoms with Crippen molar-refractivity contribution in [3.05, 3.63) is 107 Å². The highest BCUT2D eigenvalue weighted by molar-refractivity contribution is 6.24. The number of fused-ring (bicyclic) bond motifs is 2. The average molecular weight is 381 g/mol. The molecule has 2 atom stereocenters. The highest BCUT2D eigenvalue weighted by Gasteiger charge is 2.46. The van der Waals surface area contributed by atoms with Crippen LogP contribution in [-0.2, 0) is 4.79 Å². The second-order valence-corrected chi connectivity index (χ2v) is 7.29. The van der Waals surface area contributed by atoms with Crippen molar-refractivity contribution in [2.45, 2.75) is 11.8 Å². The second kappa shape index (κ2) is 6.74. The summed E-state index contributed by atoms with van der Waals surface area (Å²) >= 11 is 0. The minimum atomic E-state index is -0.485.